The minimum Gasteiger partial charge on any atom is -0.471 e. The molecular formula is C22H28N6O3. The zero-order chi connectivity index (χ0) is 22.2. The zero-order valence-corrected chi connectivity index (χ0v) is 18.6. The fourth-order valence-electron chi connectivity index (χ4n) is 3.60. The second-order valence-electron chi connectivity index (χ2n) is 8.67. The van der Waals surface area contributed by atoms with E-state index in [0.717, 1.165) is 17.1 Å². The van der Waals surface area contributed by atoms with Crippen LogP contribution in [0.4, 0.5) is 4.79 Å². The van der Waals surface area contributed by atoms with Crippen molar-refractivity contribution in [3.63, 3.8) is 0 Å². The molecule has 0 unspecified atom stereocenters. The molecule has 0 aromatic carbocycles. The molecule has 31 heavy (non-hydrogen) atoms. The third-order valence-electron chi connectivity index (χ3n) is 5.06. The molecule has 0 saturated carbocycles. The van der Waals surface area contributed by atoms with E-state index in [1.165, 1.54) is 6.33 Å². The Morgan fingerprint density at radius 1 is 1.23 bits per heavy atom. The molecule has 3 aromatic heterocycles. The molecule has 4 rings (SSSR count). The molecule has 1 atom stereocenters. The van der Waals surface area contributed by atoms with Crippen LogP contribution >= 0.6 is 0 Å². The highest BCUT2D eigenvalue weighted by molar-refractivity contribution is 5.81. The Hall–Kier alpha value is -3.23. The quantitative estimate of drug-likeness (QED) is 0.631. The minimum atomic E-state index is -0.525. The lowest BCUT2D eigenvalue weighted by Gasteiger charge is -2.24. The number of aryl methyl sites for hydroxylation is 2. The van der Waals surface area contributed by atoms with Gasteiger partial charge in [-0.1, -0.05) is 0 Å². The number of likely N-dealkylation sites (tertiary alicyclic amines) is 1. The molecule has 0 bridgehead atoms. The molecule has 9 heteroatoms. The molecule has 3 aromatic rings. The number of nitrogens with zero attached hydrogens (tertiary/aromatic N) is 6. The number of rotatable bonds is 4. The van der Waals surface area contributed by atoms with Crippen LogP contribution in [0.25, 0.3) is 22.6 Å². The highest BCUT2D eigenvalue weighted by Gasteiger charge is 2.32. The van der Waals surface area contributed by atoms with Gasteiger partial charge >= 0.3 is 6.09 Å². The second-order valence-corrected chi connectivity index (χ2v) is 8.67. The average molecular weight is 425 g/mol. The predicted octanol–water partition coefficient (Wildman–Crippen LogP) is 3.60. The number of aromatic nitrogens is 5. The van der Waals surface area contributed by atoms with Crippen LogP contribution in [0.5, 0.6) is 5.88 Å². The molecule has 164 valence electrons. The predicted molar refractivity (Wildman–Crippen MR) is 116 cm³/mol. The fourth-order valence-corrected chi connectivity index (χ4v) is 3.60. The van der Waals surface area contributed by atoms with E-state index in [1.54, 1.807) is 4.90 Å². The van der Waals surface area contributed by atoms with Crippen LogP contribution in [-0.2, 0) is 11.3 Å². The van der Waals surface area contributed by atoms with E-state index < -0.39 is 5.60 Å². The zero-order valence-electron chi connectivity index (χ0n) is 18.6. The van der Waals surface area contributed by atoms with E-state index in [-0.39, 0.29) is 12.2 Å². The molecular weight excluding hydrogens is 396 g/mol. The number of pyridine rings is 1. The Balaban J connectivity index is 1.58. The lowest BCUT2D eigenvalue weighted by molar-refractivity contribution is 0.0275. The van der Waals surface area contributed by atoms with Gasteiger partial charge in [-0.05, 0) is 46.8 Å². The number of fused-ring (bicyclic) bond motifs is 1. The van der Waals surface area contributed by atoms with E-state index in [4.69, 9.17) is 14.5 Å². The molecule has 9 nitrogen and oxygen atoms in total. The Labute approximate surface area is 181 Å². The molecule has 1 aliphatic rings. The van der Waals surface area contributed by atoms with Crippen molar-refractivity contribution in [1.82, 2.24) is 29.4 Å². The number of hydrogen-bond donors (Lipinski definition) is 0. The van der Waals surface area contributed by atoms with Crippen molar-refractivity contribution in [3.8, 4) is 17.3 Å². The molecule has 4 heterocycles. The van der Waals surface area contributed by atoms with E-state index in [2.05, 4.69) is 15.0 Å². The summed E-state index contributed by atoms with van der Waals surface area (Å²) < 4.78 is 13.7. The molecule has 0 radical (unpaired) electrons. The van der Waals surface area contributed by atoms with Crippen LogP contribution < -0.4 is 4.74 Å². The van der Waals surface area contributed by atoms with Gasteiger partial charge in [-0.3, -0.25) is 4.98 Å². The van der Waals surface area contributed by atoms with Crippen molar-refractivity contribution in [1.29, 1.82) is 0 Å². The first-order valence-electron chi connectivity index (χ1n) is 10.5. The maximum absolute atomic E-state index is 12.3. The van der Waals surface area contributed by atoms with Crippen LogP contribution in [0.15, 0.2) is 24.7 Å². The Bertz CT molecular complexity index is 1090. The van der Waals surface area contributed by atoms with Crippen LogP contribution in [-0.4, -0.2) is 60.3 Å². The van der Waals surface area contributed by atoms with Crippen molar-refractivity contribution < 1.29 is 14.3 Å². The van der Waals surface area contributed by atoms with Gasteiger partial charge in [0.1, 0.15) is 23.9 Å². The summed E-state index contributed by atoms with van der Waals surface area (Å²) in [5.74, 6) is 1.20. The second kappa shape index (κ2) is 8.13. The normalized spacial score (nSPS) is 16.7. The topological polar surface area (TPSA) is 95.3 Å². The highest BCUT2D eigenvalue weighted by atomic mass is 16.6. The summed E-state index contributed by atoms with van der Waals surface area (Å²) in [4.78, 5) is 32.0. The number of amides is 1. The first kappa shape index (κ1) is 21.0. The highest BCUT2D eigenvalue weighted by Crippen LogP contribution is 2.29. The van der Waals surface area contributed by atoms with Crippen LogP contribution in [0.3, 0.4) is 0 Å². The van der Waals surface area contributed by atoms with Gasteiger partial charge in [0.25, 0.3) is 0 Å². The first-order valence-corrected chi connectivity index (χ1v) is 10.5. The molecule has 1 amide bonds. The summed E-state index contributed by atoms with van der Waals surface area (Å²) in [6.07, 6.45) is 3.50. The van der Waals surface area contributed by atoms with Gasteiger partial charge < -0.3 is 18.9 Å². The monoisotopic (exact) mass is 424 g/mol. The van der Waals surface area contributed by atoms with Crippen molar-refractivity contribution >= 4 is 17.3 Å². The first-order chi connectivity index (χ1) is 14.7. The SMILES string of the molecule is CCn1c(-c2ccc(C)nc2)nc2c(O[C@H]3CCN(C(=O)OC(C)(C)C)C3)ncnc21. The number of hydrogen-bond acceptors (Lipinski definition) is 7. The maximum Gasteiger partial charge on any atom is 0.410 e. The smallest absolute Gasteiger partial charge is 0.410 e. The van der Waals surface area contributed by atoms with Gasteiger partial charge in [0, 0.05) is 37.0 Å². The summed E-state index contributed by atoms with van der Waals surface area (Å²) >= 11 is 0. The standard InChI is InChI=1S/C22H28N6O3/c1-6-28-18(15-8-7-14(2)23-11-15)26-17-19(28)24-13-25-20(17)30-16-9-10-27(12-16)21(29)31-22(3,4)5/h7-8,11,13,16H,6,9-10,12H2,1-5H3/t16-/m0/s1. The maximum atomic E-state index is 12.3. The van der Waals surface area contributed by atoms with E-state index >= 15 is 0 Å². The molecule has 1 aliphatic heterocycles. The van der Waals surface area contributed by atoms with E-state index in [1.807, 2.05) is 57.5 Å². The van der Waals surface area contributed by atoms with E-state index in [9.17, 15) is 4.79 Å². The molecule has 0 N–H and O–H groups in total. The lowest BCUT2D eigenvalue weighted by Crippen LogP contribution is -2.36. The summed E-state index contributed by atoms with van der Waals surface area (Å²) in [7, 11) is 0. The average Bonchev–Trinajstić information content (AvgIpc) is 3.32. The summed E-state index contributed by atoms with van der Waals surface area (Å²) in [5.41, 5.74) is 2.65. The van der Waals surface area contributed by atoms with Crippen LogP contribution in [0.2, 0.25) is 0 Å². The van der Waals surface area contributed by atoms with Gasteiger partial charge in [-0.2, -0.15) is 4.98 Å². The Morgan fingerprint density at radius 2 is 2.03 bits per heavy atom. The summed E-state index contributed by atoms with van der Waals surface area (Å²) in [5, 5.41) is 0. The summed E-state index contributed by atoms with van der Waals surface area (Å²) in [6.45, 7) is 11.3. The van der Waals surface area contributed by atoms with Gasteiger partial charge in [0.15, 0.2) is 11.2 Å². The number of imidazole rings is 1. The van der Waals surface area contributed by atoms with Gasteiger partial charge in [-0.25, -0.2) is 14.8 Å². The van der Waals surface area contributed by atoms with Crippen LogP contribution in [0.1, 0.15) is 39.8 Å². The third-order valence-corrected chi connectivity index (χ3v) is 5.06. The fraction of sp³-hybridized carbons (Fsp3) is 0.500. The molecule has 0 aliphatic carbocycles. The molecule has 1 saturated heterocycles. The van der Waals surface area contributed by atoms with Gasteiger partial charge in [0.2, 0.25) is 5.88 Å². The Morgan fingerprint density at radius 3 is 2.71 bits per heavy atom. The van der Waals surface area contributed by atoms with E-state index in [0.29, 0.717) is 43.1 Å². The number of carbonyl (C=O) groups is 1. The number of carbonyl (C=O) groups excluding carboxylic acids is 1. The van der Waals surface area contributed by atoms with Crippen molar-refractivity contribution in [2.75, 3.05) is 13.1 Å². The Kier molecular flexibility index (Phi) is 5.51. The number of ether oxygens (including phenoxy) is 2. The summed E-state index contributed by atoms with van der Waals surface area (Å²) in [6, 6.07) is 3.96. The van der Waals surface area contributed by atoms with Crippen molar-refractivity contribution in [3.05, 3.63) is 30.4 Å². The van der Waals surface area contributed by atoms with Gasteiger partial charge in [0.05, 0.1) is 6.54 Å². The molecule has 1 fully saturated rings. The van der Waals surface area contributed by atoms with Crippen LogP contribution in [0, 0.1) is 6.92 Å². The molecule has 0 spiro atoms. The largest absolute Gasteiger partial charge is 0.471 e. The van der Waals surface area contributed by atoms with Crippen molar-refractivity contribution in [2.24, 2.45) is 0 Å². The van der Waals surface area contributed by atoms with Crippen molar-refractivity contribution in [2.45, 2.75) is 59.3 Å². The third kappa shape index (κ3) is 4.45. The van der Waals surface area contributed by atoms with Gasteiger partial charge in [-0.15, -0.1) is 0 Å². The minimum absolute atomic E-state index is 0.179. The lowest BCUT2D eigenvalue weighted by atomic mass is 10.2.